The van der Waals surface area contributed by atoms with E-state index in [9.17, 15) is 4.79 Å². The summed E-state index contributed by atoms with van der Waals surface area (Å²) in [7, 11) is 0. The summed E-state index contributed by atoms with van der Waals surface area (Å²) in [4.78, 5) is 29.2. The van der Waals surface area contributed by atoms with Crippen LogP contribution < -0.4 is 16.0 Å². The molecule has 33 heavy (non-hydrogen) atoms. The van der Waals surface area contributed by atoms with Gasteiger partial charge in [-0.1, -0.05) is 12.1 Å². The molecule has 3 aromatic rings. The molecule has 4 heterocycles. The first-order valence-electron chi connectivity index (χ1n) is 11.1. The van der Waals surface area contributed by atoms with Crippen molar-refractivity contribution in [3.05, 3.63) is 42.7 Å². The molecule has 1 atom stereocenters. The zero-order valence-corrected chi connectivity index (χ0v) is 18.3. The number of hydrogen-bond donors (Lipinski definition) is 2. The van der Waals surface area contributed by atoms with E-state index in [1.54, 1.807) is 17.3 Å². The second-order valence-electron chi connectivity index (χ2n) is 8.08. The van der Waals surface area contributed by atoms with Gasteiger partial charge in [-0.3, -0.25) is 4.98 Å². The van der Waals surface area contributed by atoms with E-state index in [1.165, 1.54) is 5.69 Å². The third-order valence-electron chi connectivity index (χ3n) is 5.94. The van der Waals surface area contributed by atoms with Crippen molar-refractivity contribution in [2.75, 3.05) is 62.8 Å². The number of anilines is 2. The van der Waals surface area contributed by atoms with Crippen LogP contribution in [0.1, 0.15) is 0 Å². The van der Waals surface area contributed by atoms with Crippen molar-refractivity contribution in [3.8, 4) is 11.3 Å². The Morgan fingerprint density at radius 3 is 2.67 bits per heavy atom. The van der Waals surface area contributed by atoms with Crippen LogP contribution in [-0.2, 0) is 9.47 Å². The molecule has 5 rings (SSSR count). The standard InChI is InChI=1S/C23H27N7O3/c24-23(31)30-9-12-33-18(15-30)14-27-22-21-20(25-5-6-26-21)13-19(28-22)16-1-3-17(4-2-16)29-7-10-32-11-8-29/h1-6,13,18H,7-12,14-15H2,(H2,24,31)(H,27,28)/t18-/m1/s1. The lowest BCUT2D eigenvalue weighted by Crippen LogP contribution is -2.49. The van der Waals surface area contributed by atoms with Crippen molar-refractivity contribution in [1.82, 2.24) is 19.9 Å². The fraction of sp³-hybridized carbons (Fsp3) is 0.391. The molecule has 172 valence electrons. The van der Waals surface area contributed by atoms with Crippen LogP contribution in [0.3, 0.4) is 0 Å². The van der Waals surface area contributed by atoms with Gasteiger partial charge in [0.15, 0.2) is 5.82 Å². The molecular formula is C23H27N7O3. The summed E-state index contributed by atoms with van der Waals surface area (Å²) < 4.78 is 11.2. The molecule has 2 fully saturated rings. The maximum atomic E-state index is 11.5. The summed E-state index contributed by atoms with van der Waals surface area (Å²) in [5.74, 6) is 0.632. The summed E-state index contributed by atoms with van der Waals surface area (Å²) >= 11 is 0. The topological polar surface area (TPSA) is 119 Å². The molecule has 2 aromatic heterocycles. The molecular weight excluding hydrogens is 422 g/mol. The average molecular weight is 450 g/mol. The first-order chi connectivity index (χ1) is 16.2. The number of ether oxygens (including phenoxy) is 2. The minimum Gasteiger partial charge on any atom is -0.378 e. The number of urea groups is 1. The number of nitrogens with zero attached hydrogens (tertiary/aromatic N) is 5. The van der Waals surface area contributed by atoms with Gasteiger partial charge in [-0.25, -0.2) is 14.8 Å². The number of hydrogen-bond acceptors (Lipinski definition) is 8. The highest BCUT2D eigenvalue weighted by molar-refractivity contribution is 5.88. The Morgan fingerprint density at radius 1 is 1.09 bits per heavy atom. The van der Waals surface area contributed by atoms with E-state index in [1.807, 2.05) is 6.07 Å². The molecule has 2 aliphatic rings. The second kappa shape index (κ2) is 9.55. The molecule has 0 bridgehead atoms. The number of aromatic nitrogens is 3. The number of morpholine rings is 2. The number of amides is 2. The largest absolute Gasteiger partial charge is 0.378 e. The molecule has 10 nitrogen and oxygen atoms in total. The van der Waals surface area contributed by atoms with E-state index < -0.39 is 6.03 Å². The summed E-state index contributed by atoms with van der Waals surface area (Å²) in [6.07, 6.45) is 3.14. The molecule has 3 N–H and O–H groups in total. The zero-order valence-electron chi connectivity index (χ0n) is 18.3. The van der Waals surface area contributed by atoms with E-state index in [0.717, 1.165) is 43.1 Å². The lowest BCUT2D eigenvalue weighted by atomic mass is 10.1. The molecule has 2 aliphatic heterocycles. The Morgan fingerprint density at radius 2 is 1.88 bits per heavy atom. The fourth-order valence-electron chi connectivity index (χ4n) is 4.16. The molecule has 0 aliphatic carbocycles. The van der Waals surface area contributed by atoms with E-state index in [0.29, 0.717) is 37.6 Å². The van der Waals surface area contributed by atoms with Gasteiger partial charge in [0, 0.05) is 49.8 Å². The van der Waals surface area contributed by atoms with Crippen molar-refractivity contribution < 1.29 is 14.3 Å². The first-order valence-corrected chi connectivity index (χ1v) is 11.1. The lowest BCUT2D eigenvalue weighted by molar-refractivity contribution is -0.00516. The van der Waals surface area contributed by atoms with Crippen LogP contribution in [0.25, 0.3) is 22.3 Å². The molecule has 0 saturated carbocycles. The smallest absolute Gasteiger partial charge is 0.314 e. The van der Waals surface area contributed by atoms with E-state index in [4.69, 9.17) is 20.2 Å². The van der Waals surface area contributed by atoms with Crippen LogP contribution in [0.2, 0.25) is 0 Å². The Balaban J connectivity index is 1.37. The quantitative estimate of drug-likeness (QED) is 0.604. The number of nitrogens with two attached hydrogens (primary N) is 1. The summed E-state index contributed by atoms with van der Waals surface area (Å²) in [5.41, 5.74) is 9.85. The SMILES string of the molecule is NC(=O)N1CCO[C@H](CNc2nc(-c3ccc(N4CCOCC4)cc3)cc3nccnc23)C1. The van der Waals surface area contributed by atoms with Crippen LogP contribution >= 0.6 is 0 Å². The third-order valence-corrected chi connectivity index (χ3v) is 5.94. The Labute approximate surface area is 191 Å². The highest BCUT2D eigenvalue weighted by Gasteiger charge is 2.23. The van der Waals surface area contributed by atoms with Crippen molar-refractivity contribution in [1.29, 1.82) is 0 Å². The van der Waals surface area contributed by atoms with Crippen LogP contribution in [-0.4, -0.2) is 84.5 Å². The van der Waals surface area contributed by atoms with E-state index in [-0.39, 0.29) is 6.10 Å². The maximum Gasteiger partial charge on any atom is 0.314 e. The predicted molar refractivity (Wildman–Crippen MR) is 125 cm³/mol. The van der Waals surface area contributed by atoms with Gasteiger partial charge in [-0.05, 0) is 18.2 Å². The first kappa shape index (κ1) is 21.4. The molecule has 0 unspecified atom stereocenters. The number of primary amides is 1. The van der Waals surface area contributed by atoms with Crippen LogP contribution in [0.4, 0.5) is 16.3 Å². The predicted octanol–water partition coefficient (Wildman–Crippen LogP) is 1.72. The number of carbonyl (C=O) groups is 1. The molecule has 10 heteroatoms. The van der Waals surface area contributed by atoms with Gasteiger partial charge in [0.1, 0.15) is 5.52 Å². The van der Waals surface area contributed by atoms with Crippen LogP contribution in [0.15, 0.2) is 42.7 Å². The van der Waals surface area contributed by atoms with Gasteiger partial charge in [0.2, 0.25) is 0 Å². The molecule has 0 spiro atoms. The van der Waals surface area contributed by atoms with Crippen molar-refractivity contribution in [2.45, 2.75) is 6.10 Å². The van der Waals surface area contributed by atoms with Gasteiger partial charge < -0.3 is 30.3 Å². The van der Waals surface area contributed by atoms with E-state index >= 15 is 0 Å². The lowest BCUT2D eigenvalue weighted by Gasteiger charge is -2.31. The minimum absolute atomic E-state index is 0.184. The summed E-state index contributed by atoms with van der Waals surface area (Å²) in [6, 6.07) is 9.90. The summed E-state index contributed by atoms with van der Waals surface area (Å²) in [5, 5.41) is 3.35. The number of rotatable bonds is 5. The Bertz CT molecular complexity index is 1120. The Hall–Kier alpha value is -3.50. The van der Waals surface area contributed by atoms with Gasteiger partial charge in [-0.15, -0.1) is 0 Å². The molecule has 0 radical (unpaired) electrons. The summed E-state index contributed by atoms with van der Waals surface area (Å²) in [6.45, 7) is 5.18. The normalized spacial score (nSPS) is 19.0. The van der Waals surface area contributed by atoms with Gasteiger partial charge >= 0.3 is 6.03 Å². The number of fused-ring (bicyclic) bond motifs is 1. The highest BCUT2D eigenvalue weighted by Crippen LogP contribution is 2.27. The van der Waals surface area contributed by atoms with Crippen molar-refractivity contribution >= 4 is 28.6 Å². The maximum absolute atomic E-state index is 11.5. The molecule has 1 aromatic carbocycles. The Kier molecular flexibility index (Phi) is 6.18. The van der Waals surface area contributed by atoms with E-state index in [2.05, 4.69) is 44.5 Å². The fourth-order valence-corrected chi connectivity index (χ4v) is 4.16. The van der Waals surface area contributed by atoms with Crippen molar-refractivity contribution in [2.24, 2.45) is 5.73 Å². The zero-order chi connectivity index (χ0) is 22.6. The van der Waals surface area contributed by atoms with Gasteiger partial charge in [0.05, 0.1) is 43.7 Å². The number of pyridine rings is 1. The number of benzene rings is 1. The molecule has 2 amide bonds. The van der Waals surface area contributed by atoms with Crippen molar-refractivity contribution in [3.63, 3.8) is 0 Å². The third kappa shape index (κ3) is 4.81. The molecule has 2 saturated heterocycles. The number of nitrogens with one attached hydrogen (secondary N) is 1. The van der Waals surface area contributed by atoms with Gasteiger partial charge in [0.25, 0.3) is 0 Å². The minimum atomic E-state index is -0.430. The monoisotopic (exact) mass is 449 g/mol. The van der Waals surface area contributed by atoms with Crippen LogP contribution in [0, 0.1) is 0 Å². The second-order valence-corrected chi connectivity index (χ2v) is 8.08. The highest BCUT2D eigenvalue weighted by atomic mass is 16.5. The average Bonchev–Trinajstić information content (AvgIpc) is 2.88. The number of carbonyl (C=O) groups excluding carboxylic acids is 1. The van der Waals surface area contributed by atoms with Crippen LogP contribution in [0.5, 0.6) is 0 Å². The van der Waals surface area contributed by atoms with Gasteiger partial charge in [-0.2, -0.15) is 0 Å².